The number of halogens is 3. The van der Waals surface area contributed by atoms with Gasteiger partial charge in [-0.15, -0.1) is 11.6 Å². The lowest BCUT2D eigenvalue weighted by Gasteiger charge is -2.15. The summed E-state index contributed by atoms with van der Waals surface area (Å²) in [5.74, 6) is 0.105. The molecule has 1 amide bonds. The Morgan fingerprint density at radius 2 is 2.05 bits per heavy atom. The van der Waals surface area contributed by atoms with Gasteiger partial charge < -0.3 is 4.90 Å². The molecule has 1 aliphatic rings. The molecule has 0 radical (unpaired) electrons. The number of hydrogen-bond acceptors (Lipinski definition) is 1. The molecular formula is C16H12BrCl2NO. The second-order valence-electron chi connectivity index (χ2n) is 5.02. The SMILES string of the molecule is CN1C(=O)Cc2cc(C(Cl)c3cccc(Br)c3Cl)ccc21. The fourth-order valence-electron chi connectivity index (χ4n) is 2.54. The van der Waals surface area contributed by atoms with Crippen LogP contribution in [0, 0.1) is 0 Å². The Hall–Kier alpha value is -1.03. The maximum absolute atomic E-state index is 11.7. The summed E-state index contributed by atoms with van der Waals surface area (Å²) < 4.78 is 0.823. The van der Waals surface area contributed by atoms with Gasteiger partial charge in [0, 0.05) is 17.2 Å². The Morgan fingerprint density at radius 1 is 1.29 bits per heavy atom. The van der Waals surface area contributed by atoms with Crippen LogP contribution < -0.4 is 4.90 Å². The highest BCUT2D eigenvalue weighted by Crippen LogP contribution is 2.39. The average molecular weight is 385 g/mol. The normalized spacial score (nSPS) is 15.2. The third-order valence-electron chi connectivity index (χ3n) is 3.73. The quantitative estimate of drug-likeness (QED) is 0.670. The molecule has 1 aliphatic heterocycles. The predicted molar refractivity (Wildman–Crippen MR) is 90.4 cm³/mol. The fourth-order valence-corrected chi connectivity index (χ4v) is 3.53. The lowest BCUT2D eigenvalue weighted by molar-refractivity contribution is -0.117. The zero-order valence-electron chi connectivity index (χ0n) is 11.2. The van der Waals surface area contributed by atoms with Gasteiger partial charge in [-0.05, 0) is 44.8 Å². The number of nitrogens with zero attached hydrogens (tertiary/aromatic N) is 1. The van der Waals surface area contributed by atoms with Gasteiger partial charge in [0.1, 0.15) is 0 Å². The summed E-state index contributed by atoms with van der Waals surface area (Å²) in [6.45, 7) is 0. The molecule has 21 heavy (non-hydrogen) atoms. The van der Waals surface area contributed by atoms with Crippen LogP contribution >= 0.6 is 39.1 Å². The summed E-state index contributed by atoms with van der Waals surface area (Å²) in [7, 11) is 1.79. The molecule has 0 bridgehead atoms. The molecule has 0 saturated carbocycles. The van der Waals surface area contributed by atoms with Crippen molar-refractivity contribution in [2.45, 2.75) is 11.8 Å². The van der Waals surface area contributed by atoms with E-state index >= 15 is 0 Å². The lowest BCUT2D eigenvalue weighted by Crippen LogP contribution is -2.20. The van der Waals surface area contributed by atoms with Crippen LogP contribution in [0.3, 0.4) is 0 Å². The summed E-state index contributed by atoms with van der Waals surface area (Å²) in [6, 6.07) is 11.6. The molecule has 0 saturated heterocycles. The van der Waals surface area contributed by atoms with E-state index in [1.54, 1.807) is 11.9 Å². The van der Waals surface area contributed by atoms with E-state index in [0.717, 1.165) is 26.9 Å². The van der Waals surface area contributed by atoms with E-state index in [4.69, 9.17) is 23.2 Å². The van der Waals surface area contributed by atoms with E-state index in [2.05, 4.69) is 15.9 Å². The molecule has 0 aromatic heterocycles. The number of hydrogen-bond donors (Lipinski definition) is 0. The second kappa shape index (κ2) is 5.64. The number of fused-ring (bicyclic) bond motifs is 1. The molecular weight excluding hydrogens is 373 g/mol. The van der Waals surface area contributed by atoms with Gasteiger partial charge in [-0.1, -0.05) is 35.9 Å². The van der Waals surface area contributed by atoms with Gasteiger partial charge in [0.05, 0.1) is 16.8 Å². The van der Waals surface area contributed by atoms with Crippen LogP contribution in [-0.2, 0) is 11.2 Å². The van der Waals surface area contributed by atoms with Crippen molar-refractivity contribution in [1.29, 1.82) is 0 Å². The van der Waals surface area contributed by atoms with Gasteiger partial charge in [-0.25, -0.2) is 0 Å². The van der Waals surface area contributed by atoms with E-state index in [0.29, 0.717) is 11.4 Å². The van der Waals surface area contributed by atoms with Gasteiger partial charge in [0.25, 0.3) is 0 Å². The minimum Gasteiger partial charge on any atom is -0.315 e. The van der Waals surface area contributed by atoms with Crippen LogP contribution in [0.1, 0.15) is 22.1 Å². The van der Waals surface area contributed by atoms with E-state index in [-0.39, 0.29) is 11.3 Å². The van der Waals surface area contributed by atoms with Crippen LogP contribution in [0.2, 0.25) is 5.02 Å². The number of alkyl halides is 1. The molecule has 1 atom stereocenters. The zero-order valence-corrected chi connectivity index (χ0v) is 14.3. The molecule has 1 unspecified atom stereocenters. The van der Waals surface area contributed by atoms with Crippen LogP contribution in [0.4, 0.5) is 5.69 Å². The van der Waals surface area contributed by atoms with Crippen molar-refractivity contribution in [3.8, 4) is 0 Å². The topological polar surface area (TPSA) is 20.3 Å². The summed E-state index contributed by atoms with van der Waals surface area (Å²) in [5.41, 5.74) is 3.76. The Morgan fingerprint density at radius 3 is 2.81 bits per heavy atom. The smallest absolute Gasteiger partial charge is 0.231 e. The van der Waals surface area contributed by atoms with Crippen molar-refractivity contribution >= 4 is 50.7 Å². The standard InChI is InChI=1S/C16H12BrCl2NO/c1-20-13-6-5-9(7-10(13)8-14(20)21)15(18)11-3-2-4-12(17)16(11)19/h2-7,15H,8H2,1H3. The molecule has 0 spiro atoms. The molecule has 1 heterocycles. The fraction of sp³-hybridized carbons (Fsp3) is 0.188. The molecule has 3 rings (SSSR count). The van der Waals surface area contributed by atoms with Crippen LogP contribution in [-0.4, -0.2) is 13.0 Å². The van der Waals surface area contributed by atoms with Crippen LogP contribution in [0.5, 0.6) is 0 Å². The van der Waals surface area contributed by atoms with Crippen molar-refractivity contribution < 1.29 is 4.79 Å². The third kappa shape index (κ3) is 2.59. The number of anilines is 1. The Labute approximate surface area is 141 Å². The molecule has 5 heteroatoms. The van der Waals surface area contributed by atoms with Gasteiger partial charge in [0.15, 0.2) is 0 Å². The Kier molecular flexibility index (Phi) is 4.00. The highest BCUT2D eigenvalue weighted by Gasteiger charge is 2.25. The highest BCUT2D eigenvalue weighted by atomic mass is 79.9. The average Bonchev–Trinajstić information content (AvgIpc) is 2.76. The molecule has 2 aromatic rings. The maximum Gasteiger partial charge on any atom is 0.231 e. The second-order valence-corrected chi connectivity index (χ2v) is 6.69. The minimum absolute atomic E-state index is 0.105. The van der Waals surface area contributed by atoms with E-state index in [9.17, 15) is 4.79 Å². The lowest BCUT2D eigenvalue weighted by atomic mass is 10.0. The van der Waals surface area contributed by atoms with E-state index in [1.807, 2.05) is 36.4 Å². The largest absolute Gasteiger partial charge is 0.315 e. The van der Waals surface area contributed by atoms with Gasteiger partial charge in [-0.3, -0.25) is 4.79 Å². The zero-order chi connectivity index (χ0) is 15.1. The Bertz CT molecular complexity index is 732. The molecule has 2 aromatic carbocycles. The Balaban J connectivity index is 2.00. The first-order valence-electron chi connectivity index (χ1n) is 6.46. The van der Waals surface area contributed by atoms with Crippen molar-refractivity contribution in [2.24, 2.45) is 0 Å². The summed E-state index contributed by atoms with van der Waals surface area (Å²) in [5, 5.41) is 0.271. The number of carbonyl (C=O) groups is 1. The van der Waals surface area contributed by atoms with Crippen LogP contribution in [0.15, 0.2) is 40.9 Å². The number of benzene rings is 2. The van der Waals surface area contributed by atoms with E-state index < -0.39 is 0 Å². The van der Waals surface area contributed by atoms with Gasteiger partial charge >= 0.3 is 0 Å². The number of rotatable bonds is 2. The molecule has 0 fully saturated rings. The first kappa shape index (κ1) is 14.9. The molecule has 0 aliphatic carbocycles. The van der Waals surface area contributed by atoms with Crippen molar-refractivity contribution in [3.05, 3.63) is 62.6 Å². The van der Waals surface area contributed by atoms with Crippen molar-refractivity contribution in [3.63, 3.8) is 0 Å². The highest BCUT2D eigenvalue weighted by molar-refractivity contribution is 9.10. The molecule has 2 nitrogen and oxygen atoms in total. The number of amides is 1. The summed E-state index contributed by atoms with van der Waals surface area (Å²) in [4.78, 5) is 13.4. The van der Waals surface area contributed by atoms with Crippen LogP contribution in [0.25, 0.3) is 0 Å². The molecule has 0 N–H and O–H groups in total. The third-order valence-corrected chi connectivity index (χ3v) is 5.53. The van der Waals surface area contributed by atoms with Gasteiger partial charge in [0.2, 0.25) is 5.91 Å². The first-order chi connectivity index (χ1) is 9.99. The summed E-state index contributed by atoms with van der Waals surface area (Å²) in [6.07, 6.45) is 0.426. The molecule has 108 valence electrons. The first-order valence-corrected chi connectivity index (χ1v) is 8.07. The predicted octanol–water partition coefficient (Wildman–Crippen LogP) is 4.95. The van der Waals surface area contributed by atoms with E-state index in [1.165, 1.54) is 0 Å². The number of carbonyl (C=O) groups excluding carboxylic acids is 1. The number of likely N-dealkylation sites (N-methyl/N-ethyl adjacent to an activating group) is 1. The minimum atomic E-state index is -0.346. The monoisotopic (exact) mass is 383 g/mol. The maximum atomic E-state index is 11.7. The van der Waals surface area contributed by atoms with Gasteiger partial charge in [-0.2, -0.15) is 0 Å². The van der Waals surface area contributed by atoms with Crippen molar-refractivity contribution in [1.82, 2.24) is 0 Å². The summed E-state index contributed by atoms with van der Waals surface area (Å²) >= 11 is 16.3. The van der Waals surface area contributed by atoms with Crippen molar-refractivity contribution in [2.75, 3.05) is 11.9 Å².